The molecule has 0 radical (unpaired) electrons. The highest BCUT2D eigenvalue weighted by molar-refractivity contribution is 5.57. The van der Waals surface area contributed by atoms with E-state index in [1.165, 1.54) is 12.1 Å². The number of benzene rings is 1. The molecule has 2 atom stereocenters. The van der Waals surface area contributed by atoms with Gasteiger partial charge in [0.05, 0.1) is 23.3 Å². The van der Waals surface area contributed by atoms with Gasteiger partial charge in [-0.3, -0.25) is 0 Å². The highest BCUT2D eigenvalue weighted by Gasteiger charge is 2.34. The van der Waals surface area contributed by atoms with Gasteiger partial charge in [0.15, 0.2) is 0 Å². The highest BCUT2D eigenvalue weighted by atomic mass is 19.4. The van der Waals surface area contributed by atoms with Crippen molar-refractivity contribution in [2.45, 2.75) is 38.1 Å². The van der Waals surface area contributed by atoms with Crippen LogP contribution in [-0.2, 0) is 10.9 Å². The molecule has 1 aliphatic rings. The fourth-order valence-electron chi connectivity index (χ4n) is 2.33. The fourth-order valence-corrected chi connectivity index (χ4v) is 2.33. The molecule has 1 aromatic carbocycles. The molecule has 108 valence electrons. The van der Waals surface area contributed by atoms with E-state index in [4.69, 9.17) is 10.00 Å². The Morgan fingerprint density at radius 3 is 2.75 bits per heavy atom. The zero-order valence-electron chi connectivity index (χ0n) is 11.0. The lowest BCUT2D eigenvalue weighted by Crippen LogP contribution is -2.33. The molecular weight excluding hydrogens is 269 g/mol. The molecule has 3 nitrogen and oxygen atoms in total. The lowest BCUT2D eigenvalue weighted by molar-refractivity contribution is -0.137. The van der Waals surface area contributed by atoms with Crippen LogP contribution in [0.1, 0.15) is 30.9 Å². The molecule has 6 heteroatoms. The van der Waals surface area contributed by atoms with Gasteiger partial charge in [-0.2, -0.15) is 18.4 Å². The summed E-state index contributed by atoms with van der Waals surface area (Å²) in [6.45, 7) is 2.42. The normalized spacial score (nSPS) is 23.1. The zero-order valence-corrected chi connectivity index (χ0v) is 11.0. The van der Waals surface area contributed by atoms with E-state index in [0.29, 0.717) is 19.4 Å². The maximum atomic E-state index is 13.0. The molecule has 1 heterocycles. The number of hydrogen-bond acceptors (Lipinski definition) is 3. The lowest BCUT2D eigenvalue weighted by atomic mass is 10.0. The van der Waals surface area contributed by atoms with E-state index in [1.807, 2.05) is 13.0 Å². The van der Waals surface area contributed by atoms with Gasteiger partial charge in [-0.15, -0.1) is 0 Å². The van der Waals surface area contributed by atoms with Gasteiger partial charge in [-0.1, -0.05) is 0 Å². The summed E-state index contributed by atoms with van der Waals surface area (Å²) in [4.78, 5) is 0. The first-order chi connectivity index (χ1) is 9.40. The largest absolute Gasteiger partial charge is 0.418 e. The molecule has 0 bridgehead atoms. The van der Waals surface area contributed by atoms with Crippen molar-refractivity contribution < 1.29 is 17.9 Å². The van der Waals surface area contributed by atoms with Crippen molar-refractivity contribution in [1.82, 2.24) is 0 Å². The van der Waals surface area contributed by atoms with E-state index in [9.17, 15) is 13.2 Å². The van der Waals surface area contributed by atoms with Crippen molar-refractivity contribution in [2.75, 3.05) is 11.9 Å². The maximum Gasteiger partial charge on any atom is 0.418 e. The smallest absolute Gasteiger partial charge is 0.382 e. The van der Waals surface area contributed by atoms with Crippen LogP contribution in [-0.4, -0.2) is 18.8 Å². The first-order valence-electron chi connectivity index (χ1n) is 6.39. The molecule has 2 rings (SSSR count). The molecule has 0 saturated carbocycles. The minimum absolute atomic E-state index is 0.0229. The third kappa shape index (κ3) is 3.42. The average Bonchev–Trinajstić information content (AvgIpc) is 2.37. The Morgan fingerprint density at radius 2 is 2.15 bits per heavy atom. The first kappa shape index (κ1) is 14.7. The van der Waals surface area contributed by atoms with Gasteiger partial charge in [0.25, 0.3) is 0 Å². The standard InChI is InChI=1S/C14H15F3N2O/c1-9-6-11(4-5-20-9)19-13-7-10(8-18)2-3-12(13)14(15,16)17/h2-3,7,9,11,19H,4-6H2,1H3. The molecule has 0 spiro atoms. The Bertz CT molecular complexity index is 522. The second-order valence-corrected chi connectivity index (χ2v) is 4.92. The Hall–Kier alpha value is -1.74. The predicted octanol–water partition coefficient (Wildman–Crippen LogP) is 3.56. The third-order valence-electron chi connectivity index (χ3n) is 3.30. The van der Waals surface area contributed by atoms with Gasteiger partial charge in [0.2, 0.25) is 0 Å². The molecule has 1 N–H and O–H groups in total. The second-order valence-electron chi connectivity index (χ2n) is 4.92. The number of halogens is 3. The lowest BCUT2D eigenvalue weighted by Gasteiger charge is -2.29. The van der Waals surface area contributed by atoms with Crippen LogP contribution in [0.5, 0.6) is 0 Å². The summed E-state index contributed by atoms with van der Waals surface area (Å²) in [7, 11) is 0. The van der Waals surface area contributed by atoms with E-state index in [-0.39, 0.29) is 23.4 Å². The number of hydrogen-bond donors (Lipinski definition) is 1. The van der Waals surface area contributed by atoms with Gasteiger partial charge in [-0.25, -0.2) is 0 Å². The Labute approximate surface area is 115 Å². The number of nitrogens with zero attached hydrogens (tertiary/aromatic N) is 1. The zero-order chi connectivity index (χ0) is 14.8. The molecule has 1 aromatic rings. The van der Waals surface area contributed by atoms with Crippen molar-refractivity contribution >= 4 is 5.69 Å². The van der Waals surface area contributed by atoms with E-state index in [0.717, 1.165) is 6.07 Å². The predicted molar refractivity (Wildman–Crippen MR) is 68.2 cm³/mol. The van der Waals surface area contributed by atoms with E-state index >= 15 is 0 Å². The molecule has 1 fully saturated rings. The Balaban J connectivity index is 2.26. The third-order valence-corrected chi connectivity index (χ3v) is 3.30. The number of alkyl halides is 3. The molecule has 1 saturated heterocycles. The molecular formula is C14H15F3N2O. The summed E-state index contributed by atoms with van der Waals surface area (Å²) in [5.41, 5.74) is -0.563. The van der Waals surface area contributed by atoms with E-state index in [2.05, 4.69) is 5.32 Å². The maximum absolute atomic E-state index is 13.0. The molecule has 0 aliphatic carbocycles. The number of nitrogens with one attached hydrogen (secondary N) is 1. The van der Waals surface area contributed by atoms with Crippen LogP contribution in [0, 0.1) is 11.3 Å². The molecule has 1 aliphatic heterocycles. The van der Waals surface area contributed by atoms with Crippen LogP contribution in [0.2, 0.25) is 0 Å². The highest BCUT2D eigenvalue weighted by Crippen LogP contribution is 2.36. The van der Waals surface area contributed by atoms with Crippen molar-refractivity contribution in [2.24, 2.45) is 0 Å². The monoisotopic (exact) mass is 284 g/mol. The van der Waals surface area contributed by atoms with Crippen LogP contribution < -0.4 is 5.32 Å². The molecule has 20 heavy (non-hydrogen) atoms. The van der Waals surface area contributed by atoms with Crippen LogP contribution in [0.3, 0.4) is 0 Å². The SMILES string of the molecule is CC1CC(Nc2cc(C#N)ccc2C(F)(F)F)CCO1. The fraction of sp³-hybridized carbons (Fsp3) is 0.500. The molecule has 0 amide bonds. The van der Waals surface area contributed by atoms with Gasteiger partial charge in [-0.05, 0) is 38.0 Å². The summed E-state index contributed by atoms with van der Waals surface area (Å²) >= 11 is 0. The summed E-state index contributed by atoms with van der Waals surface area (Å²) in [5, 5.41) is 11.7. The van der Waals surface area contributed by atoms with Crippen LogP contribution in [0.25, 0.3) is 0 Å². The minimum atomic E-state index is -4.44. The van der Waals surface area contributed by atoms with Gasteiger partial charge >= 0.3 is 6.18 Å². The van der Waals surface area contributed by atoms with Crippen molar-refractivity contribution in [1.29, 1.82) is 5.26 Å². The summed E-state index contributed by atoms with van der Waals surface area (Å²) < 4.78 is 44.3. The van der Waals surface area contributed by atoms with Crippen LogP contribution in [0.4, 0.5) is 18.9 Å². The molecule has 0 aromatic heterocycles. The average molecular weight is 284 g/mol. The van der Waals surface area contributed by atoms with Crippen molar-refractivity contribution in [3.8, 4) is 6.07 Å². The number of rotatable bonds is 2. The van der Waals surface area contributed by atoms with Crippen molar-refractivity contribution in [3.63, 3.8) is 0 Å². The second kappa shape index (κ2) is 5.71. The minimum Gasteiger partial charge on any atom is -0.382 e. The quantitative estimate of drug-likeness (QED) is 0.903. The summed E-state index contributed by atoms with van der Waals surface area (Å²) in [6, 6.07) is 5.17. The van der Waals surface area contributed by atoms with Gasteiger partial charge in [0.1, 0.15) is 0 Å². The Kier molecular flexibility index (Phi) is 4.19. The number of anilines is 1. The van der Waals surface area contributed by atoms with Crippen LogP contribution >= 0.6 is 0 Å². The number of ether oxygens (including phenoxy) is 1. The summed E-state index contributed by atoms with van der Waals surface area (Å²) in [5.74, 6) is 0. The van der Waals surface area contributed by atoms with Gasteiger partial charge < -0.3 is 10.1 Å². The van der Waals surface area contributed by atoms with Gasteiger partial charge in [0, 0.05) is 18.3 Å². The topological polar surface area (TPSA) is 45.0 Å². The number of nitriles is 1. The van der Waals surface area contributed by atoms with E-state index < -0.39 is 11.7 Å². The Morgan fingerprint density at radius 1 is 1.40 bits per heavy atom. The summed E-state index contributed by atoms with van der Waals surface area (Å²) in [6.07, 6.45) is -3.12. The van der Waals surface area contributed by atoms with Crippen molar-refractivity contribution in [3.05, 3.63) is 29.3 Å². The molecule has 2 unspecified atom stereocenters. The van der Waals surface area contributed by atoms with Crippen LogP contribution in [0.15, 0.2) is 18.2 Å². The van der Waals surface area contributed by atoms with E-state index in [1.54, 1.807) is 0 Å². The first-order valence-corrected chi connectivity index (χ1v) is 6.39.